The smallest absolute Gasteiger partial charge is 0.158 e. The number of benzene rings is 3. The van der Waals surface area contributed by atoms with Crippen LogP contribution in [0.25, 0.3) is 33.0 Å². The normalized spacial score (nSPS) is 11.4. The molecule has 0 fully saturated rings. The Balaban J connectivity index is 1.91. The maximum atomic E-state index is 6.23. The van der Waals surface area contributed by atoms with Gasteiger partial charge in [-0.2, -0.15) is 0 Å². The van der Waals surface area contributed by atoms with E-state index in [0.717, 1.165) is 50.7 Å². The number of ether oxygens (including phenoxy) is 1. The summed E-state index contributed by atoms with van der Waals surface area (Å²) in [4.78, 5) is 4.92. The van der Waals surface area contributed by atoms with Crippen LogP contribution in [0, 0.1) is 0 Å². The zero-order chi connectivity index (χ0) is 17.5. The van der Waals surface area contributed by atoms with Crippen molar-refractivity contribution in [3.63, 3.8) is 0 Å². The summed E-state index contributed by atoms with van der Waals surface area (Å²) in [5.74, 6) is 0.781. The lowest BCUT2D eigenvalue weighted by Gasteiger charge is -2.10. The lowest BCUT2D eigenvalue weighted by molar-refractivity contribution is 0.419. The van der Waals surface area contributed by atoms with E-state index in [1.807, 2.05) is 36.4 Å². The second kappa shape index (κ2) is 5.88. The average molecular weight is 339 g/mol. The summed E-state index contributed by atoms with van der Waals surface area (Å²) in [6.07, 6.45) is 0.781. The van der Waals surface area contributed by atoms with E-state index in [4.69, 9.17) is 14.1 Å². The van der Waals surface area contributed by atoms with Crippen LogP contribution in [0.15, 0.2) is 77.2 Å². The van der Waals surface area contributed by atoms with Gasteiger partial charge in [-0.3, -0.25) is 0 Å². The zero-order valence-corrected chi connectivity index (χ0v) is 14.4. The Labute approximate surface area is 150 Å². The fourth-order valence-electron chi connectivity index (χ4n) is 3.60. The third-order valence-electron chi connectivity index (χ3n) is 4.83. The predicted molar refractivity (Wildman–Crippen MR) is 105 cm³/mol. The highest BCUT2D eigenvalue weighted by Gasteiger charge is 2.18. The molecule has 0 radical (unpaired) electrons. The number of fused-ring (bicyclic) bond motifs is 4. The highest BCUT2D eigenvalue weighted by molar-refractivity contribution is 6.09. The second-order valence-corrected chi connectivity index (χ2v) is 6.39. The van der Waals surface area contributed by atoms with E-state index in [-0.39, 0.29) is 0 Å². The van der Waals surface area contributed by atoms with Gasteiger partial charge in [-0.25, -0.2) is 4.98 Å². The molecule has 0 saturated heterocycles. The van der Waals surface area contributed by atoms with Crippen LogP contribution in [0.4, 0.5) is 0 Å². The van der Waals surface area contributed by atoms with Crippen LogP contribution >= 0.6 is 0 Å². The number of methoxy groups -OCH3 is 1. The van der Waals surface area contributed by atoms with Crippen molar-refractivity contribution in [1.29, 1.82) is 0 Å². The molecule has 0 spiro atoms. The summed E-state index contributed by atoms with van der Waals surface area (Å²) >= 11 is 0. The number of furan rings is 1. The zero-order valence-electron chi connectivity index (χ0n) is 14.4. The van der Waals surface area contributed by atoms with E-state index >= 15 is 0 Å². The summed E-state index contributed by atoms with van der Waals surface area (Å²) in [6, 6.07) is 24.6. The molecule has 0 aliphatic carbocycles. The number of nitrogens with zero attached hydrogens (tertiary/aromatic N) is 1. The minimum atomic E-state index is 0.781. The highest BCUT2D eigenvalue weighted by Crippen LogP contribution is 2.37. The third-order valence-corrected chi connectivity index (χ3v) is 4.83. The van der Waals surface area contributed by atoms with Crippen molar-refractivity contribution < 1.29 is 9.15 Å². The SMILES string of the molecule is COc1cccc2c(Cc3ccccc3)c3oc4ccccc4c3nc12. The molecule has 0 aliphatic heterocycles. The molecule has 5 aromatic rings. The Morgan fingerprint density at radius 3 is 2.42 bits per heavy atom. The lowest BCUT2D eigenvalue weighted by Crippen LogP contribution is -1.95. The number of hydrogen-bond acceptors (Lipinski definition) is 3. The first kappa shape index (κ1) is 15.0. The lowest BCUT2D eigenvalue weighted by atomic mass is 9.99. The molecule has 5 rings (SSSR count). The van der Waals surface area contributed by atoms with Gasteiger partial charge in [-0.1, -0.05) is 54.6 Å². The van der Waals surface area contributed by atoms with Gasteiger partial charge in [0.15, 0.2) is 5.58 Å². The van der Waals surface area contributed by atoms with Crippen molar-refractivity contribution in [3.05, 3.63) is 83.9 Å². The fourth-order valence-corrected chi connectivity index (χ4v) is 3.60. The van der Waals surface area contributed by atoms with Crippen molar-refractivity contribution in [1.82, 2.24) is 4.98 Å². The number of pyridine rings is 1. The Kier molecular flexibility index (Phi) is 3.39. The van der Waals surface area contributed by atoms with Gasteiger partial charge in [0, 0.05) is 22.8 Å². The molecule has 0 unspecified atom stereocenters. The van der Waals surface area contributed by atoms with E-state index in [2.05, 4.69) is 36.4 Å². The molecular formula is C23H17NO2. The number of hydrogen-bond donors (Lipinski definition) is 0. The quantitative estimate of drug-likeness (QED) is 0.421. The molecule has 0 bridgehead atoms. The standard InChI is InChI=1S/C23H17NO2/c1-25-20-13-7-11-16-18(14-15-8-3-2-4-9-15)23-22(24-21(16)20)17-10-5-6-12-19(17)26-23/h2-13H,14H2,1H3. The highest BCUT2D eigenvalue weighted by atomic mass is 16.5. The van der Waals surface area contributed by atoms with Crippen LogP contribution in [0.1, 0.15) is 11.1 Å². The number of aromatic nitrogens is 1. The molecule has 0 N–H and O–H groups in total. The minimum absolute atomic E-state index is 0.781. The minimum Gasteiger partial charge on any atom is -0.494 e. The van der Waals surface area contributed by atoms with Gasteiger partial charge in [-0.05, 0) is 23.8 Å². The van der Waals surface area contributed by atoms with Gasteiger partial charge < -0.3 is 9.15 Å². The molecule has 2 aromatic heterocycles. The first-order chi connectivity index (χ1) is 12.8. The number of para-hydroxylation sites is 2. The second-order valence-electron chi connectivity index (χ2n) is 6.39. The van der Waals surface area contributed by atoms with Crippen molar-refractivity contribution in [3.8, 4) is 5.75 Å². The van der Waals surface area contributed by atoms with Gasteiger partial charge in [-0.15, -0.1) is 0 Å². The molecule has 126 valence electrons. The first-order valence-electron chi connectivity index (χ1n) is 8.66. The van der Waals surface area contributed by atoms with Crippen LogP contribution in [0.5, 0.6) is 5.75 Å². The van der Waals surface area contributed by atoms with Gasteiger partial charge in [0.05, 0.1) is 7.11 Å². The maximum absolute atomic E-state index is 6.23. The van der Waals surface area contributed by atoms with Crippen molar-refractivity contribution >= 4 is 33.0 Å². The van der Waals surface area contributed by atoms with Crippen LogP contribution < -0.4 is 4.74 Å². The Bertz CT molecular complexity index is 1240. The molecule has 0 atom stereocenters. The van der Waals surface area contributed by atoms with Gasteiger partial charge in [0.2, 0.25) is 0 Å². The molecular weight excluding hydrogens is 322 g/mol. The number of rotatable bonds is 3. The van der Waals surface area contributed by atoms with Crippen molar-refractivity contribution in [2.45, 2.75) is 6.42 Å². The van der Waals surface area contributed by atoms with Crippen molar-refractivity contribution in [2.75, 3.05) is 7.11 Å². The van der Waals surface area contributed by atoms with Gasteiger partial charge in [0.1, 0.15) is 22.4 Å². The third kappa shape index (κ3) is 2.25. The average Bonchev–Trinajstić information content (AvgIpc) is 3.07. The van der Waals surface area contributed by atoms with E-state index < -0.39 is 0 Å². The van der Waals surface area contributed by atoms with Crippen LogP contribution in [-0.2, 0) is 6.42 Å². The van der Waals surface area contributed by atoms with E-state index in [1.165, 1.54) is 5.56 Å². The topological polar surface area (TPSA) is 35.3 Å². The van der Waals surface area contributed by atoms with Crippen LogP contribution in [0.2, 0.25) is 0 Å². The summed E-state index contributed by atoms with van der Waals surface area (Å²) in [5.41, 5.74) is 5.87. The predicted octanol–water partition coefficient (Wildman–Crippen LogP) is 5.73. The Hall–Kier alpha value is -3.33. The molecule has 3 heteroatoms. The summed E-state index contributed by atoms with van der Waals surface area (Å²) < 4.78 is 11.8. The van der Waals surface area contributed by atoms with Crippen LogP contribution in [0.3, 0.4) is 0 Å². The van der Waals surface area contributed by atoms with E-state index in [9.17, 15) is 0 Å². The largest absolute Gasteiger partial charge is 0.494 e. The molecule has 3 aromatic carbocycles. The Morgan fingerprint density at radius 1 is 0.808 bits per heavy atom. The first-order valence-corrected chi connectivity index (χ1v) is 8.66. The Morgan fingerprint density at radius 2 is 1.58 bits per heavy atom. The van der Waals surface area contributed by atoms with Crippen LogP contribution in [-0.4, -0.2) is 12.1 Å². The summed E-state index contributed by atoms with van der Waals surface area (Å²) in [5, 5.41) is 2.10. The molecule has 0 amide bonds. The summed E-state index contributed by atoms with van der Waals surface area (Å²) in [7, 11) is 1.69. The molecule has 2 heterocycles. The van der Waals surface area contributed by atoms with E-state index in [1.54, 1.807) is 7.11 Å². The van der Waals surface area contributed by atoms with Gasteiger partial charge >= 0.3 is 0 Å². The molecule has 3 nitrogen and oxygen atoms in total. The summed E-state index contributed by atoms with van der Waals surface area (Å²) in [6.45, 7) is 0. The molecule has 0 saturated carbocycles. The fraction of sp³-hybridized carbons (Fsp3) is 0.0870. The molecule has 26 heavy (non-hydrogen) atoms. The molecule has 0 aliphatic rings. The maximum Gasteiger partial charge on any atom is 0.158 e. The van der Waals surface area contributed by atoms with Crippen molar-refractivity contribution in [2.24, 2.45) is 0 Å². The van der Waals surface area contributed by atoms with E-state index in [0.29, 0.717) is 0 Å². The monoisotopic (exact) mass is 339 g/mol. The van der Waals surface area contributed by atoms with Gasteiger partial charge in [0.25, 0.3) is 0 Å².